The molecule has 1 fully saturated rings. The normalized spacial score (nSPS) is 15.4. The van der Waals surface area contributed by atoms with Crippen LogP contribution in [0.2, 0.25) is 0 Å². The molecule has 0 aromatic carbocycles. The predicted molar refractivity (Wildman–Crippen MR) is 123 cm³/mol. The molecule has 1 saturated carbocycles. The highest BCUT2D eigenvalue weighted by molar-refractivity contribution is 14.0. The Balaban J connectivity index is 0.00000261. The third-order valence-electron chi connectivity index (χ3n) is 4.81. The van der Waals surface area contributed by atoms with E-state index in [0.29, 0.717) is 6.04 Å². The third-order valence-corrected chi connectivity index (χ3v) is 5.75. The number of aromatic nitrogens is 3. The first-order valence-electron chi connectivity index (χ1n) is 9.79. The molecule has 0 saturated heterocycles. The van der Waals surface area contributed by atoms with Gasteiger partial charge in [0.15, 0.2) is 5.96 Å². The molecule has 1 aliphatic rings. The van der Waals surface area contributed by atoms with Gasteiger partial charge in [0.25, 0.3) is 0 Å². The molecule has 0 radical (unpaired) electrons. The minimum Gasteiger partial charge on any atom is -0.355 e. The molecule has 0 aliphatic heterocycles. The number of aliphatic imine (C=N–C) groups is 1. The summed E-state index contributed by atoms with van der Waals surface area (Å²) < 4.78 is 2.11. The van der Waals surface area contributed by atoms with Gasteiger partial charge in [0.1, 0.15) is 12.2 Å². The number of thiophene rings is 1. The van der Waals surface area contributed by atoms with E-state index in [0.717, 1.165) is 44.3 Å². The quantitative estimate of drug-likeness (QED) is 0.329. The lowest BCUT2D eigenvalue weighted by molar-refractivity contribution is 0.409. The van der Waals surface area contributed by atoms with E-state index in [9.17, 15) is 0 Å². The van der Waals surface area contributed by atoms with Crippen LogP contribution in [0.4, 0.5) is 0 Å². The summed E-state index contributed by atoms with van der Waals surface area (Å²) in [7, 11) is 0. The van der Waals surface area contributed by atoms with Gasteiger partial charge in [-0.2, -0.15) is 0 Å². The molecule has 0 atom stereocenters. The van der Waals surface area contributed by atoms with Crippen LogP contribution in [0.25, 0.3) is 0 Å². The molecule has 1 aliphatic carbocycles. The zero-order chi connectivity index (χ0) is 18.0. The van der Waals surface area contributed by atoms with E-state index in [4.69, 9.17) is 4.99 Å². The lowest BCUT2D eigenvalue weighted by Crippen LogP contribution is -2.45. The lowest BCUT2D eigenvalue weighted by atomic mass is 9.96. The van der Waals surface area contributed by atoms with Gasteiger partial charge < -0.3 is 15.2 Å². The predicted octanol–water partition coefficient (Wildman–Crippen LogP) is 3.63. The smallest absolute Gasteiger partial charge is 0.191 e. The SMILES string of the molecule is CCc1nncn1CCNC(=NCCc1cccs1)NC1CCCCC1.I. The first-order chi connectivity index (χ1) is 12.8. The standard InChI is InChI=1S/C19H30N6S.HI/c1-2-18-24-22-15-25(18)13-12-21-19(23-16-7-4-3-5-8-16)20-11-10-17-9-6-14-26-17;/h6,9,14-16H,2-5,7-8,10-13H2,1H3,(H2,20,21,23);1H. The number of hydrogen-bond donors (Lipinski definition) is 2. The summed E-state index contributed by atoms with van der Waals surface area (Å²) in [5, 5.41) is 17.4. The molecule has 3 rings (SSSR count). The van der Waals surface area contributed by atoms with Gasteiger partial charge in [-0.3, -0.25) is 4.99 Å². The molecule has 150 valence electrons. The Morgan fingerprint density at radius 1 is 1.33 bits per heavy atom. The molecule has 2 heterocycles. The Labute approximate surface area is 183 Å². The van der Waals surface area contributed by atoms with E-state index in [1.54, 1.807) is 11.3 Å². The summed E-state index contributed by atoms with van der Waals surface area (Å²) in [6.07, 6.45) is 10.2. The molecule has 0 amide bonds. The Morgan fingerprint density at radius 2 is 2.19 bits per heavy atom. The average Bonchev–Trinajstić information content (AvgIpc) is 3.34. The van der Waals surface area contributed by atoms with Crippen LogP contribution in [-0.2, 0) is 19.4 Å². The summed E-state index contributed by atoms with van der Waals surface area (Å²) in [4.78, 5) is 6.21. The van der Waals surface area contributed by atoms with Crippen molar-refractivity contribution in [2.45, 2.75) is 64.5 Å². The number of hydrogen-bond acceptors (Lipinski definition) is 4. The van der Waals surface area contributed by atoms with Crippen molar-refractivity contribution in [1.29, 1.82) is 0 Å². The fraction of sp³-hybridized carbons (Fsp3) is 0.632. The molecule has 8 heteroatoms. The highest BCUT2D eigenvalue weighted by Gasteiger charge is 2.14. The van der Waals surface area contributed by atoms with Crippen molar-refractivity contribution in [3.8, 4) is 0 Å². The molecule has 27 heavy (non-hydrogen) atoms. The van der Waals surface area contributed by atoms with E-state index in [1.165, 1.54) is 37.0 Å². The number of halogens is 1. The van der Waals surface area contributed by atoms with Crippen molar-refractivity contribution >= 4 is 41.3 Å². The highest BCUT2D eigenvalue weighted by atomic mass is 127. The zero-order valence-corrected chi connectivity index (χ0v) is 19.2. The van der Waals surface area contributed by atoms with Gasteiger partial charge >= 0.3 is 0 Å². The van der Waals surface area contributed by atoms with E-state index in [1.807, 2.05) is 6.33 Å². The van der Waals surface area contributed by atoms with Gasteiger partial charge in [-0.15, -0.1) is 45.5 Å². The van der Waals surface area contributed by atoms with E-state index < -0.39 is 0 Å². The van der Waals surface area contributed by atoms with Gasteiger partial charge in [-0.1, -0.05) is 32.3 Å². The molecule has 2 aromatic rings. The fourth-order valence-electron chi connectivity index (χ4n) is 3.36. The van der Waals surface area contributed by atoms with Crippen LogP contribution in [-0.4, -0.2) is 39.9 Å². The second kappa shape index (κ2) is 12.3. The molecule has 2 aromatic heterocycles. The first kappa shape index (κ1) is 22.1. The molecule has 0 bridgehead atoms. The largest absolute Gasteiger partial charge is 0.355 e. The molecular weight excluding hydrogens is 471 g/mol. The summed E-state index contributed by atoms with van der Waals surface area (Å²) in [6.45, 7) is 4.60. The maximum atomic E-state index is 4.81. The summed E-state index contributed by atoms with van der Waals surface area (Å²) >= 11 is 1.80. The number of aryl methyl sites for hydroxylation is 1. The van der Waals surface area contributed by atoms with Crippen LogP contribution in [0.5, 0.6) is 0 Å². The molecule has 6 nitrogen and oxygen atoms in total. The van der Waals surface area contributed by atoms with Crippen molar-refractivity contribution in [3.05, 3.63) is 34.5 Å². The lowest BCUT2D eigenvalue weighted by Gasteiger charge is -2.25. The molecular formula is C19H31IN6S. The monoisotopic (exact) mass is 502 g/mol. The summed E-state index contributed by atoms with van der Waals surface area (Å²) in [5.74, 6) is 1.97. The number of nitrogens with zero attached hydrogens (tertiary/aromatic N) is 4. The minimum atomic E-state index is 0. The Hall–Kier alpha value is -1.16. The van der Waals surface area contributed by atoms with Crippen molar-refractivity contribution in [3.63, 3.8) is 0 Å². The Kier molecular flexibility index (Phi) is 10.1. The van der Waals surface area contributed by atoms with E-state index >= 15 is 0 Å². The minimum absolute atomic E-state index is 0. The van der Waals surface area contributed by atoms with Crippen molar-refractivity contribution in [2.24, 2.45) is 4.99 Å². The second-order valence-corrected chi connectivity index (χ2v) is 7.79. The average molecular weight is 502 g/mol. The zero-order valence-electron chi connectivity index (χ0n) is 16.1. The van der Waals surface area contributed by atoms with Gasteiger partial charge in [0.2, 0.25) is 0 Å². The number of guanidine groups is 1. The number of nitrogens with one attached hydrogen (secondary N) is 2. The van der Waals surface area contributed by atoms with Crippen LogP contribution in [0, 0.1) is 0 Å². The second-order valence-electron chi connectivity index (χ2n) is 6.76. The maximum absolute atomic E-state index is 4.81. The maximum Gasteiger partial charge on any atom is 0.191 e. The third kappa shape index (κ3) is 7.40. The summed E-state index contributed by atoms with van der Waals surface area (Å²) in [6, 6.07) is 4.84. The van der Waals surface area contributed by atoms with E-state index in [-0.39, 0.29) is 24.0 Å². The van der Waals surface area contributed by atoms with Gasteiger partial charge in [0.05, 0.1) is 0 Å². The van der Waals surface area contributed by atoms with Crippen molar-refractivity contribution in [1.82, 2.24) is 25.4 Å². The topological polar surface area (TPSA) is 67.1 Å². The molecule has 0 unspecified atom stereocenters. The fourth-order valence-corrected chi connectivity index (χ4v) is 4.06. The molecule has 2 N–H and O–H groups in total. The van der Waals surface area contributed by atoms with Crippen molar-refractivity contribution in [2.75, 3.05) is 13.1 Å². The van der Waals surface area contributed by atoms with Crippen LogP contribution in [0.3, 0.4) is 0 Å². The van der Waals surface area contributed by atoms with Crippen LogP contribution >= 0.6 is 35.3 Å². The Morgan fingerprint density at radius 3 is 2.93 bits per heavy atom. The first-order valence-corrected chi connectivity index (χ1v) is 10.7. The molecule has 0 spiro atoms. The van der Waals surface area contributed by atoms with E-state index in [2.05, 4.69) is 49.8 Å². The van der Waals surface area contributed by atoms with Gasteiger partial charge in [0, 0.05) is 43.4 Å². The van der Waals surface area contributed by atoms with Crippen LogP contribution in [0.1, 0.15) is 49.7 Å². The Bertz CT molecular complexity index is 664. The van der Waals surface area contributed by atoms with Gasteiger partial charge in [-0.25, -0.2) is 0 Å². The summed E-state index contributed by atoms with van der Waals surface area (Å²) in [5.41, 5.74) is 0. The van der Waals surface area contributed by atoms with Crippen LogP contribution in [0.15, 0.2) is 28.8 Å². The van der Waals surface area contributed by atoms with Crippen molar-refractivity contribution < 1.29 is 0 Å². The van der Waals surface area contributed by atoms with Gasteiger partial charge in [-0.05, 0) is 24.3 Å². The highest BCUT2D eigenvalue weighted by Crippen LogP contribution is 2.17. The number of rotatable bonds is 8. The van der Waals surface area contributed by atoms with Crippen LogP contribution < -0.4 is 10.6 Å².